The first-order chi connectivity index (χ1) is 8.13. The van der Waals surface area contributed by atoms with Crippen LogP contribution in [0.3, 0.4) is 0 Å². The minimum absolute atomic E-state index is 0.113. The fraction of sp³-hybridized carbons (Fsp3) is 0.308. The number of amides is 1. The van der Waals surface area contributed by atoms with Crippen LogP contribution in [-0.4, -0.2) is 23.5 Å². The van der Waals surface area contributed by atoms with Crippen molar-refractivity contribution in [3.05, 3.63) is 35.4 Å². The standard InChI is InChI=1S/C13H13NO3/c1-2-11(15)13(17)14-10-7-8-5-3-4-6-9(8)12(10)16/h3-6,10H,2,7H2,1H3,(H,14,17). The maximum Gasteiger partial charge on any atom is 0.287 e. The van der Waals surface area contributed by atoms with Gasteiger partial charge < -0.3 is 5.32 Å². The van der Waals surface area contributed by atoms with Crippen LogP contribution in [0.4, 0.5) is 0 Å². The van der Waals surface area contributed by atoms with Gasteiger partial charge in [0.15, 0.2) is 5.78 Å². The van der Waals surface area contributed by atoms with E-state index in [2.05, 4.69) is 5.32 Å². The second kappa shape index (κ2) is 4.49. The first-order valence-electron chi connectivity index (χ1n) is 5.59. The topological polar surface area (TPSA) is 63.2 Å². The molecule has 0 heterocycles. The van der Waals surface area contributed by atoms with Gasteiger partial charge in [0.25, 0.3) is 5.91 Å². The quantitative estimate of drug-likeness (QED) is 0.786. The van der Waals surface area contributed by atoms with Gasteiger partial charge in [0.05, 0.1) is 6.04 Å². The summed E-state index contributed by atoms with van der Waals surface area (Å²) in [5, 5.41) is 2.49. The molecule has 1 unspecified atom stereocenters. The zero-order valence-corrected chi connectivity index (χ0v) is 9.53. The Labute approximate surface area is 99.0 Å². The molecule has 0 saturated carbocycles. The van der Waals surface area contributed by atoms with Crippen LogP contribution in [0, 0.1) is 0 Å². The zero-order valence-electron chi connectivity index (χ0n) is 9.53. The third-order valence-corrected chi connectivity index (χ3v) is 2.90. The van der Waals surface area contributed by atoms with Gasteiger partial charge in [0.2, 0.25) is 5.78 Å². The number of hydrogen-bond donors (Lipinski definition) is 1. The van der Waals surface area contributed by atoms with Gasteiger partial charge in [-0.25, -0.2) is 0 Å². The van der Waals surface area contributed by atoms with Crippen molar-refractivity contribution in [1.29, 1.82) is 0 Å². The van der Waals surface area contributed by atoms with Crippen LogP contribution in [0.15, 0.2) is 24.3 Å². The highest BCUT2D eigenvalue weighted by Crippen LogP contribution is 2.21. The van der Waals surface area contributed by atoms with Crippen molar-refractivity contribution in [3.63, 3.8) is 0 Å². The molecule has 0 fully saturated rings. The van der Waals surface area contributed by atoms with Gasteiger partial charge in [-0.1, -0.05) is 31.2 Å². The average molecular weight is 231 g/mol. The van der Waals surface area contributed by atoms with E-state index in [1.807, 2.05) is 12.1 Å². The Kier molecular flexibility index (Phi) is 3.04. The number of benzene rings is 1. The first-order valence-corrected chi connectivity index (χ1v) is 5.59. The molecular formula is C13H13NO3. The summed E-state index contributed by atoms with van der Waals surface area (Å²) in [4.78, 5) is 34.5. The molecule has 1 aliphatic carbocycles. The highest BCUT2D eigenvalue weighted by molar-refractivity contribution is 6.36. The summed E-state index contributed by atoms with van der Waals surface area (Å²) < 4.78 is 0. The first kappa shape index (κ1) is 11.5. The summed E-state index contributed by atoms with van der Waals surface area (Å²) in [7, 11) is 0. The van der Waals surface area contributed by atoms with E-state index >= 15 is 0 Å². The van der Waals surface area contributed by atoms with Crippen molar-refractivity contribution >= 4 is 17.5 Å². The molecule has 1 aliphatic rings. The number of fused-ring (bicyclic) bond motifs is 1. The van der Waals surface area contributed by atoms with E-state index < -0.39 is 17.7 Å². The molecule has 1 atom stereocenters. The minimum atomic E-state index is -0.668. The largest absolute Gasteiger partial charge is 0.339 e. The third kappa shape index (κ3) is 2.11. The Morgan fingerprint density at radius 2 is 2.06 bits per heavy atom. The Morgan fingerprint density at radius 1 is 1.35 bits per heavy atom. The van der Waals surface area contributed by atoms with E-state index in [4.69, 9.17) is 0 Å². The van der Waals surface area contributed by atoms with E-state index in [1.54, 1.807) is 19.1 Å². The number of carbonyl (C=O) groups is 3. The van der Waals surface area contributed by atoms with Crippen LogP contribution in [0.5, 0.6) is 0 Å². The lowest BCUT2D eigenvalue weighted by atomic mass is 10.1. The summed E-state index contributed by atoms with van der Waals surface area (Å²) in [6.45, 7) is 1.62. The Morgan fingerprint density at radius 3 is 2.71 bits per heavy atom. The molecule has 4 heteroatoms. The summed E-state index contributed by atoms with van der Waals surface area (Å²) in [5.74, 6) is -1.27. The van der Waals surface area contributed by atoms with Gasteiger partial charge in [-0.15, -0.1) is 0 Å². The lowest BCUT2D eigenvalue weighted by Crippen LogP contribution is -2.42. The fourth-order valence-corrected chi connectivity index (χ4v) is 1.95. The van der Waals surface area contributed by atoms with Crippen molar-refractivity contribution in [2.75, 3.05) is 0 Å². The van der Waals surface area contributed by atoms with Crippen molar-refractivity contribution in [2.24, 2.45) is 0 Å². The molecule has 0 aliphatic heterocycles. The molecule has 0 spiro atoms. The number of ketones is 2. The number of carbonyl (C=O) groups excluding carboxylic acids is 3. The average Bonchev–Trinajstić information content (AvgIpc) is 2.66. The fourth-order valence-electron chi connectivity index (χ4n) is 1.95. The predicted octanol–water partition coefficient (Wildman–Crippen LogP) is 0.889. The van der Waals surface area contributed by atoms with E-state index in [0.717, 1.165) is 5.56 Å². The molecular weight excluding hydrogens is 218 g/mol. The van der Waals surface area contributed by atoms with Crippen molar-refractivity contribution < 1.29 is 14.4 Å². The summed E-state index contributed by atoms with van der Waals surface area (Å²) in [6, 6.07) is 6.66. The summed E-state index contributed by atoms with van der Waals surface area (Å²) >= 11 is 0. The van der Waals surface area contributed by atoms with E-state index in [9.17, 15) is 14.4 Å². The molecule has 1 aromatic carbocycles. The third-order valence-electron chi connectivity index (χ3n) is 2.90. The Bertz CT molecular complexity index is 493. The van der Waals surface area contributed by atoms with Crippen LogP contribution in [0.25, 0.3) is 0 Å². The van der Waals surface area contributed by atoms with Crippen molar-refractivity contribution in [3.8, 4) is 0 Å². The van der Waals surface area contributed by atoms with Gasteiger partial charge >= 0.3 is 0 Å². The predicted molar refractivity (Wildman–Crippen MR) is 61.7 cm³/mol. The molecule has 4 nitrogen and oxygen atoms in total. The Balaban J connectivity index is 2.11. The maximum absolute atomic E-state index is 11.9. The Hall–Kier alpha value is -1.97. The van der Waals surface area contributed by atoms with Gasteiger partial charge in [-0.3, -0.25) is 14.4 Å². The zero-order chi connectivity index (χ0) is 12.4. The second-order valence-electron chi connectivity index (χ2n) is 4.03. The van der Waals surface area contributed by atoms with Crippen molar-refractivity contribution in [1.82, 2.24) is 5.32 Å². The van der Waals surface area contributed by atoms with Crippen LogP contribution in [0.2, 0.25) is 0 Å². The van der Waals surface area contributed by atoms with Crippen LogP contribution < -0.4 is 5.32 Å². The van der Waals surface area contributed by atoms with Crippen LogP contribution >= 0.6 is 0 Å². The molecule has 1 aromatic rings. The van der Waals surface area contributed by atoms with Gasteiger partial charge in [0.1, 0.15) is 0 Å². The highest BCUT2D eigenvalue weighted by atomic mass is 16.2. The van der Waals surface area contributed by atoms with Gasteiger partial charge in [0, 0.05) is 18.4 Å². The molecule has 2 rings (SSSR count). The van der Waals surface area contributed by atoms with E-state index in [1.165, 1.54) is 0 Å². The summed E-state index contributed by atoms with van der Waals surface area (Å²) in [5.41, 5.74) is 1.56. The van der Waals surface area contributed by atoms with Gasteiger partial charge in [-0.05, 0) is 5.56 Å². The molecule has 0 aromatic heterocycles. The highest BCUT2D eigenvalue weighted by Gasteiger charge is 2.32. The monoisotopic (exact) mass is 231 g/mol. The number of rotatable bonds is 3. The number of hydrogen-bond acceptors (Lipinski definition) is 3. The maximum atomic E-state index is 11.9. The second-order valence-corrected chi connectivity index (χ2v) is 4.03. The van der Waals surface area contributed by atoms with E-state index in [0.29, 0.717) is 12.0 Å². The molecule has 0 bridgehead atoms. The molecule has 0 radical (unpaired) electrons. The molecule has 0 saturated heterocycles. The molecule has 17 heavy (non-hydrogen) atoms. The lowest BCUT2D eigenvalue weighted by molar-refractivity contribution is -0.137. The SMILES string of the molecule is CCC(=O)C(=O)NC1Cc2ccccc2C1=O. The lowest BCUT2D eigenvalue weighted by Gasteiger charge is -2.09. The smallest absolute Gasteiger partial charge is 0.287 e. The van der Waals surface area contributed by atoms with E-state index in [-0.39, 0.29) is 12.2 Å². The van der Waals surface area contributed by atoms with Gasteiger partial charge in [-0.2, -0.15) is 0 Å². The molecule has 1 amide bonds. The van der Waals surface area contributed by atoms with Crippen molar-refractivity contribution in [2.45, 2.75) is 25.8 Å². The normalized spacial score (nSPS) is 17.7. The number of nitrogens with one attached hydrogen (secondary N) is 1. The van der Waals surface area contributed by atoms with Crippen LogP contribution in [-0.2, 0) is 16.0 Å². The summed E-state index contributed by atoms with van der Waals surface area (Å²) in [6.07, 6.45) is 0.622. The number of Topliss-reactive ketones (excluding diaryl/α,β-unsaturated/α-hetero) is 2. The minimum Gasteiger partial charge on any atom is -0.339 e. The molecule has 1 N–H and O–H groups in total. The molecule has 88 valence electrons. The van der Waals surface area contributed by atoms with Crippen LogP contribution in [0.1, 0.15) is 29.3 Å².